The molecular formula is C13H11NO2S2. The highest BCUT2D eigenvalue weighted by Gasteiger charge is 2.14. The first-order valence-electron chi connectivity index (χ1n) is 5.74. The molecular weight excluding hydrogens is 266 g/mol. The first-order valence-corrected chi connectivity index (χ1v) is 7.50. The van der Waals surface area contributed by atoms with Crippen LogP contribution in [0.5, 0.6) is 0 Å². The summed E-state index contributed by atoms with van der Waals surface area (Å²) in [4.78, 5) is 18.3. The Hall–Kier alpha value is -1.46. The Labute approximate surface area is 112 Å². The van der Waals surface area contributed by atoms with Crippen molar-refractivity contribution in [2.45, 2.75) is 19.8 Å². The van der Waals surface area contributed by atoms with Crippen LogP contribution in [0.2, 0.25) is 0 Å². The molecule has 0 aliphatic heterocycles. The molecule has 3 aromatic rings. The summed E-state index contributed by atoms with van der Waals surface area (Å²) in [7, 11) is 0. The van der Waals surface area contributed by atoms with Crippen LogP contribution in [-0.4, -0.2) is 4.98 Å². The van der Waals surface area contributed by atoms with Crippen molar-refractivity contribution >= 4 is 32.9 Å². The molecule has 0 bridgehead atoms. The maximum absolute atomic E-state index is 12.1. The van der Waals surface area contributed by atoms with Gasteiger partial charge in [-0.25, -0.2) is 9.78 Å². The fraction of sp³-hybridized carbons (Fsp3) is 0.231. The van der Waals surface area contributed by atoms with E-state index in [0.717, 1.165) is 21.7 Å². The van der Waals surface area contributed by atoms with Crippen LogP contribution in [0, 0.1) is 0 Å². The third kappa shape index (κ3) is 1.89. The van der Waals surface area contributed by atoms with Gasteiger partial charge in [-0.2, -0.15) is 0 Å². The second-order valence-electron chi connectivity index (χ2n) is 3.95. The Balaban J connectivity index is 2.23. The molecule has 0 aliphatic carbocycles. The molecule has 3 nitrogen and oxygen atoms in total. The molecule has 0 atom stereocenters. The van der Waals surface area contributed by atoms with Crippen molar-refractivity contribution in [3.63, 3.8) is 0 Å². The molecule has 0 fully saturated rings. The van der Waals surface area contributed by atoms with Crippen molar-refractivity contribution in [2.24, 2.45) is 0 Å². The Morgan fingerprint density at radius 2 is 2.28 bits per heavy atom. The Morgan fingerprint density at radius 1 is 1.39 bits per heavy atom. The lowest BCUT2D eigenvalue weighted by atomic mass is 10.2. The first-order chi connectivity index (χ1) is 8.79. The molecule has 0 saturated heterocycles. The second kappa shape index (κ2) is 4.66. The monoisotopic (exact) mass is 277 g/mol. The van der Waals surface area contributed by atoms with Crippen LogP contribution >= 0.6 is 22.7 Å². The molecule has 3 aromatic heterocycles. The molecule has 5 heteroatoms. The van der Waals surface area contributed by atoms with E-state index in [-0.39, 0.29) is 5.63 Å². The number of fused-ring (bicyclic) bond motifs is 1. The lowest BCUT2D eigenvalue weighted by molar-refractivity contribution is 0.443. The van der Waals surface area contributed by atoms with Gasteiger partial charge in [0.15, 0.2) is 5.89 Å². The zero-order valence-electron chi connectivity index (χ0n) is 9.80. The Kier molecular flexibility index (Phi) is 3.01. The van der Waals surface area contributed by atoms with E-state index in [1.807, 2.05) is 29.8 Å². The van der Waals surface area contributed by atoms with Crippen molar-refractivity contribution < 1.29 is 4.42 Å². The zero-order valence-corrected chi connectivity index (χ0v) is 11.4. The number of hydrogen-bond donors (Lipinski definition) is 0. The van der Waals surface area contributed by atoms with E-state index < -0.39 is 0 Å². The molecule has 0 aliphatic rings. The maximum atomic E-state index is 12.1. The molecule has 0 N–H and O–H groups in total. The fourth-order valence-corrected chi connectivity index (χ4v) is 3.62. The highest BCUT2D eigenvalue weighted by molar-refractivity contribution is 7.18. The number of aryl methyl sites for hydroxylation is 1. The van der Waals surface area contributed by atoms with Gasteiger partial charge in [0.25, 0.3) is 0 Å². The summed E-state index contributed by atoms with van der Waals surface area (Å²) in [5.41, 5.74) is 0.669. The smallest absolute Gasteiger partial charge is 0.348 e. The van der Waals surface area contributed by atoms with Gasteiger partial charge in [-0.15, -0.1) is 22.7 Å². The van der Waals surface area contributed by atoms with Crippen LogP contribution in [-0.2, 0) is 6.42 Å². The number of hydrogen-bond acceptors (Lipinski definition) is 5. The highest BCUT2D eigenvalue weighted by atomic mass is 32.1. The van der Waals surface area contributed by atoms with Gasteiger partial charge in [0.05, 0.1) is 0 Å². The summed E-state index contributed by atoms with van der Waals surface area (Å²) >= 11 is 3.12. The number of thiophene rings is 2. The Morgan fingerprint density at radius 3 is 3.00 bits per heavy atom. The second-order valence-corrected chi connectivity index (χ2v) is 5.76. The van der Waals surface area contributed by atoms with Crippen LogP contribution in [0.3, 0.4) is 0 Å². The lowest BCUT2D eigenvalue weighted by Gasteiger charge is -1.97. The van der Waals surface area contributed by atoms with Crippen LogP contribution in [0.1, 0.15) is 19.2 Å². The number of nitrogens with zero attached hydrogens (tertiary/aromatic N) is 1. The SMILES string of the molecule is CCCc1nc2scc(-c3cccs3)c2c(=O)o1. The van der Waals surface area contributed by atoms with Crippen molar-refractivity contribution in [2.75, 3.05) is 0 Å². The topological polar surface area (TPSA) is 43.1 Å². The quantitative estimate of drug-likeness (QED) is 0.728. The van der Waals surface area contributed by atoms with E-state index in [0.29, 0.717) is 17.7 Å². The van der Waals surface area contributed by atoms with E-state index in [1.54, 1.807) is 11.3 Å². The summed E-state index contributed by atoms with van der Waals surface area (Å²) in [5, 5.41) is 4.59. The van der Waals surface area contributed by atoms with Gasteiger partial charge in [0.2, 0.25) is 0 Å². The predicted octanol–water partition coefficient (Wildman–Crippen LogP) is 3.93. The van der Waals surface area contributed by atoms with E-state index in [2.05, 4.69) is 4.98 Å². The van der Waals surface area contributed by atoms with Gasteiger partial charge in [-0.05, 0) is 17.9 Å². The summed E-state index contributed by atoms with van der Waals surface area (Å²) < 4.78 is 5.27. The van der Waals surface area contributed by atoms with Gasteiger partial charge in [0, 0.05) is 22.2 Å². The summed E-state index contributed by atoms with van der Waals surface area (Å²) in [5.74, 6) is 0.537. The van der Waals surface area contributed by atoms with E-state index in [1.165, 1.54) is 11.3 Å². The van der Waals surface area contributed by atoms with Crippen LogP contribution in [0.15, 0.2) is 32.1 Å². The summed E-state index contributed by atoms with van der Waals surface area (Å²) in [6, 6.07) is 3.98. The normalized spacial score (nSPS) is 11.2. The Bertz CT molecular complexity index is 725. The third-order valence-electron chi connectivity index (χ3n) is 2.66. The fourth-order valence-electron chi connectivity index (χ4n) is 1.86. The molecule has 0 saturated carbocycles. The zero-order chi connectivity index (χ0) is 12.5. The van der Waals surface area contributed by atoms with Crippen molar-refractivity contribution in [1.29, 1.82) is 0 Å². The highest BCUT2D eigenvalue weighted by Crippen LogP contribution is 2.33. The van der Waals surface area contributed by atoms with Gasteiger partial charge < -0.3 is 4.42 Å². The van der Waals surface area contributed by atoms with Gasteiger partial charge in [-0.1, -0.05) is 13.0 Å². The van der Waals surface area contributed by atoms with Crippen molar-refractivity contribution in [1.82, 2.24) is 4.98 Å². The molecule has 0 unspecified atom stereocenters. The molecule has 3 heterocycles. The minimum Gasteiger partial charge on any atom is -0.408 e. The average Bonchev–Trinajstić information content (AvgIpc) is 2.96. The molecule has 0 radical (unpaired) electrons. The molecule has 0 aromatic carbocycles. The molecule has 0 spiro atoms. The first kappa shape index (κ1) is 11.6. The predicted molar refractivity (Wildman–Crippen MR) is 75.5 cm³/mol. The van der Waals surface area contributed by atoms with Crippen LogP contribution < -0.4 is 5.63 Å². The molecule has 18 heavy (non-hydrogen) atoms. The number of aromatic nitrogens is 1. The third-order valence-corrected chi connectivity index (χ3v) is 4.44. The van der Waals surface area contributed by atoms with Crippen LogP contribution in [0.25, 0.3) is 20.7 Å². The van der Waals surface area contributed by atoms with Gasteiger partial charge >= 0.3 is 5.63 Å². The maximum Gasteiger partial charge on any atom is 0.348 e. The molecule has 92 valence electrons. The molecule has 3 rings (SSSR count). The van der Waals surface area contributed by atoms with Crippen molar-refractivity contribution in [3.8, 4) is 10.4 Å². The summed E-state index contributed by atoms with van der Waals surface area (Å²) in [6.45, 7) is 2.04. The van der Waals surface area contributed by atoms with Crippen LogP contribution in [0.4, 0.5) is 0 Å². The standard InChI is InChI=1S/C13H11NO2S2/c1-2-4-10-14-12-11(13(15)16-10)8(7-18-12)9-5-3-6-17-9/h3,5-7H,2,4H2,1H3. The minimum atomic E-state index is -0.270. The van der Waals surface area contributed by atoms with Gasteiger partial charge in [0.1, 0.15) is 10.2 Å². The summed E-state index contributed by atoms with van der Waals surface area (Å²) in [6.07, 6.45) is 1.63. The van der Waals surface area contributed by atoms with E-state index in [9.17, 15) is 4.79 Å². The minimum absolute atomic E-state index is 0.270. The van der Waals surface area contributed by atoms with Gasteiger partial charge in [-0.3, -0.25) is 0 Å². The largest absolute Gasteiger partial charge is 0.408 e. The van der Waals surface area contributed by atoms with E-state index in [4.69, 9.17) is 4.42 Å². The van der Waals surface area contributed by atoms with E-state index >= 15 is 0 Å². The van der Waals surface area contributed by atoms with Crippen molar-refractivity contribution in [3.05, 3.63) is 39.2 Å². The molecule has 0 amide bonds. The lowest BCUT2D eigenvalue weighted by Crippen LogP contribution is -2.04. The number of rotatable bonds is 3. The average molecular weight is 277 g/mol.